The zero-order valence-corrected chi connectivity index (χ0v) is 12.1. The van der Waals surface area contributed by atoms with Crippen LogP contribution in [-0.4, -0.2) is 29.5 Å². The van der Waals surface area contributed by atoms with E-state index in [1.807, 2.05) is 19.9 Å². The standard InChI is InChI=1S/C15H15ClN2O2/c1-3-19-15(20-4-2)8-6-12-10-17-14-9-11(16)5-7-13(14)18-12/h5,7,9-10,15H,3-4H2,1-2H3. The highest BCUT2D eigenvalue weighted by atomic mass is 35.5. The van der Waals surface area contributed by atoms with Gasteiger partial charge in [-0.25, -0.2) is 4.98 Å². The summed E-state index contributed by atoms with van der Waals surface area (Å²) in [5, 5.41) is 0.637. The van der Waals surface area contributed by atoms with Crippen molar-refractivity contribution >= 4 is 22.6 Å². The van der Waals surface area contributed by atoms with Crippen molar-refractivity contribution in [3.8, 4) is 11.8 Å². The Morgan fingerprint density at radius 1 is 1.20 bits per heavy atom. The van der Waals surface area contributed by atoms with Crippen LogP contribution >= 0.6 is 11.6 Å². The van der Waals surface area contributed by atoms with E-state index in [1.54, 1.807) is 18.3 Å². The van der Waals surface area contributed by atoms with Crippen LogP contribution in [0.5, 0.6) is 0 Å². The molecule has 0 radical (unpaired) electrons. The lowest BCUT2D eigenvalue weighted by molar-refractivity contribution is -0.0969. The van der Waals surface area contributed by atoms with E-state index in [1.165, 1.54) is 0 Å². The van der Waals surface area contributed by atoms with Crippen LogP contribution in [-0.2, 0) is 9.47 Å². The van der Waals surface area contributed by atoms with Crippen molar-refractivity contribution in [2.24, 2.45) is 0 Å². The molecule has 2 aromatic rings. The molecule has 0 aliphatic rings. The van der Waals surface area contributed by atoms with Crippen LogP contribution < -0.4 is 0 Å². The first-order valence-corrected chi connectivity index (χ1v) is 6.77. The van der Waals surface area contributed by atoms with Gasteiger partial charge in [0, 0.05) is 18.2 Å². The van der Waals surface area contributed by atoms with E-state index in [-0.39, 0.29) is 0 Å². The lowest BCUT2D eigenvalue weighted by Crippen LogP contribution is -2.14. The van der Waals surface area contributed by atoms with E-state index < -0.39 is 6.29 Å². The minimum absolute atomic E-state index is 0.535. The Labute approximate surface area is 123 Å². The number of hydrogen-bond donors (Lipinski definition) is 0. The van der Waals surface area contributed by atoms with Crippen molar-refractivity contribution in [1.29, 1.82) is 0 Å². The molecule has 0 amide bonds. The van der Waals surface area contributed by atoms with Gasteiger partial charge in [0.2, 0.25) is 6.29 Å². The van der Waals surface area contributed by atoms with Crippen molar-refractivity contribution in [3.05, 3.63) is 35.1 Å². The number of fused-ring (bicyclic) bond motifs is 1. The lowest BCUT2D eigenvalue weighted by Gasteiger charge is -2.09. The Balaban J connectivity index is 2.23. The maximum atomic E-state index is 5.90. The van der Waals surface area contributed by atoms with Gasteiger partial charge in [-0.2, -0.15) is 0 Å². The minimum atomic E-state index is -0.535. The molecule has 2 rings (SSSR count). The van der Waals surface area contributed by atoms with Crippen LogP contribution in [0.3, 0.4) is 0 Å². The van der Waals surface area contributed by atoms with Gasteiger partial charge in [-0.15, -0.1) is 0 Å². The van der Waals surface area contributed by atoms with Gasteiger partial charge in [0.05, 0.1) is 17.2 Å². The maximum absolute atomic E-state index is 5.90. The second-order valence-electron chi connectivity index (χ2n) is 3.90. The molecular formula is C15H15ClN2O2. The van der Waals surface area contributed by atoms with Gasteiger partial charge in [0.1, 0.15) is 5.69 Å². The number of rotatable bonds is 4. The fourth-order valence-corrected chi connectivity index (χ4v) is 1.78. The number of hydrogen-bond acceptors (Lipinski definition) is 4. The van der Waals surface area contributed by atoms with Crippen LogP contribution in [0.2, 0.25) is 5.02 Å². The molecule has 4 nitrogen and oxygen atoms in total. The SMILES string of the molecule is CCOC(C#Cc1cnc2cc(Cl)ccc2n1)OCC. The van der Waals surface area contributed by atoms with E-state index in [9.17, 15) is 0 Å². The summed E-state index contributed by atoms with van der Waals surface area (Å²) in [4.78, 5) is 8.68. The van der Waals surface area contributed by atoms with Crippen LogP contribution in [0.4, 0.5) is 0 Å². The first-order chi connectivity index (χ1) is 9.72. The van der Waals surface area contributed by atoms with Crippen LogP contribution in [0.1, 0.15) is 19.5 Å². The number of aromatic nitrogens is 2. The Morgan fingerprint density at radius 3 is 2.65 bits per heavy atom. The molecular weight excluding hydrogens is 276 g/mol. The van der Waals surface area contributed by atoms with E-state index in [0.29, 0.717) is 23.9 Å². The average Bonchev–Trinajstić information content (AvgIpc) is 2.45. The third-order valence-electron chi connectivity index (χ3n) is 2.46. The van der Waals surface area contributed by atoms with Gasteiger partial charge in [0.15, 0.2) is 0 Å². The number of nitrogens with zero attached hydrogens (tertiary/aromatic N) is 2. The molecule has 1 heterocycles. The summed E-state index contributed by atoms with van der Waals surface area (Å²) in [5.74, 6) is 5.81. The van der Waals surface area contributed by atoms with Crippen molar-refractivity contribution < 1.29 is 9.47 Å². The fraction of sp³-hybridized carbons (Fsp3) is 0.333. The molecule has 0 unspecified atom stereocenters. The molecule has 0 N–H and O–H groups in total. The largest absolute Gasteiger partial charge is 0.342 e. The molecule has 0 aliphatic carbocycles. The molecule has 0 saturated heterocycles. The Morgan fingerprint density at radius 2 is 1.95 bits per heavy atom. The topological polar surface area (TPSA) is 44.2 Å². The van der Waals surface area contributed by atoms with Gasteiger partial charge in [0.25, 0.3) is 0 Å². The second-order valence-corrected chi connectivity index (χ2v) is 4.34. The molecule has 20 heavy (non-hydrogen) atoms. The summed E-state index contributed by atoms with van der Waals surface area (Å²) in [6, 6.07) is 5.36. The summed E-state index contributed by atoms with van der Waals surface area (Å²) >= 11 is 5.90. The zero-order chi connectivity index (χ0) is 14.4. The predicted octanol–water partition coefficient (Wildman–Crippen LogP) is 3.03. The molecule has 1 aromatic heterocycles. The van der Waals surface area contributed by atoms with E-state index in [4.69, 9.17) is 21.1 Å². The van der Waals surface area contributed by atoms with Gasteiger partial charge < -0.3 is 9.47 Å². The molecule has 5 heteroatoms. The second kappa shape index (κ2) is 7.20. The zero-order valence-electron chi connectivity index (χ0n) is 11.4. The van der Waals surface area contributed by atoms with E-state index in [0.717, 1.165) is 11.0 Å². The smallest absolute Gasteiger partial charge is 0.222 e. The molecule has 0 fully saturated rings. The fourth-order valence-electron chi connectivity index (χ4n) is 1.61. The predicted molar refractivity (Wildman–Crippen MR) is 78.5 cm³/mol. The highest BCUT2D eigenvalue weighted by Crippen LogP contribution is 2.15. The Kier molecular flexibility index (Phi) is 5.31. The number of benzene rings is 1. The van der Waals surface area contributed by atoms with Crippen LogP contribution in [0, 0.1) is 11.8 Å². The Bertz CT molecular complexity index is 643. The van der Waals surface area contributed by atoms with Crippen molar-refractivity contribution in [2.75, 3.05) is 13.2 Å². The van der Waals surface area contributed by atoms with Crippen molar-refractivity contribution in [1.82, 2.24) is 9.97 Å². The molecule has 0 saturated carbocycles. The normalized spacial score (nSPS) is 10.6. The van der Waals surface area contributed by atoms with Crippen molar-refractivity contribution in [2.45, 2.75) is 20.1 Å². The van der Waals surface area contributed by atoms with E-state index >= 15 is 0 Å². The number of ether oxygens (including phenoxy) is 2. The third kappa shape index (κ3) is 3.91. The minimum Gasteiger partial charge on any atom is -0.342 e. The summed E-state index contributed by atoms with van der Waals surface area (Å²) in [6.07, 6.45) is 1.08. The molecule has 0 atom stereocenters. The van der Waals surface area contributed by atoms with E-state index in [2.05, 4.69) is 21.8 Å². The van der Waals surface area contributed by atoms with Gasteiger partial charge >= 0.3 is 0 Å². The molecule has 1 aromatic carbocycles. The quantitative estimate of drug-likeness (QED) is 0.641. The van der Waals surface area contributed by atoms with Gasteiger partial charge in [-0.05, 0) is 43.9 Å². The highest BCUT2D eigenvalue weighted by Gasteiger charge is 2.03. The maximum Gasteiger partial charge on any atom is 0.222 e. The van der Waals surface area contributed by atoms with Gasteiger partial charge in [-0.1, -0.05) is 11.6 Å². The first-order valence-electron chi connectivity index (χ1n) is 6.40. The summed E-state index contributed by atoms with van der Waals surface area (Å²) in [7, 11) is 0. The number of halogens is 1. The molecule has 0 aliphatic heterocycles. The average molecular weight is 291 g/mol. The van der Waals surface area contributed by atoms with Gasteiger partial charge in [-0.3, -0.25) is 4.98 Å². The lowest BCUT2D eigenvalue weighted by atomic mass is 10.3. The van der Waals surface area contributed by atoms with Crippen LogP contribution in [0.25, 0.3) is 11.0 Å². The molecule has 104 valence electrons. The van der Waals surface area contributed by atoms with Crippen LogP contribution in [0.15, 0.2) is 24.4 Å². The summed E-state index contributed by atoms with van der Waals surface area (Å²) in [5.41, 5.74) is 2.07. The molecule has 0 bridgehead atoms. The monoisotopic (exact) mass is 290 g/mol. The Hall–Kier alpha value is -1.67. The molecule has 0 spiro atoms. The first kappa shape index (κ1) is 14.7. The summed E-state index contributed by atoms with van der Waals surface area (Å²) in [6.45, 7) is 4.88. The van der Waals surface area contributed by atoms with Crippen molar-refractivity contribution in [3.63, 3.8) is 0 Å². The summed E-state index contributed by atoms with van der Waals surface area (Å²) < 4.78 is 10.7. The third-order valence-corrected chi connectivity index (χ3v) is 2.69. The highest BCUT2D eigenvalue weighted by molar-refractivity contribution is 6.31.